The molecule has 7 nitrogen and oxygen atoms in total. The van der Waals surface area contributed by atoms with Gasteiger partial charge in [-0.15, -0.1) is 5.10 Å². The smallest absolute Gasteiger partial charge is 0.173 e. The lowest BCUT2D eigenvalue weighted by atomic mass is 10.0. The van der Waals surface area contributed by atoms with Crippen molar-refractivity contribution in [2.45, 2.75) is 37.8 Å². The second-order valence-corrected chi connectivity index (χ2v) is 6.25. The second kappa shape index (κ2) is 6.72. The molecule has 23 heavy (non-hydrogen) atoms. The zero-order valence-corrected chi connectivity index (χ0v) is 13.2. The molecule has 0 amide bonds. The Labute approximate surface area is 135 Å². The Bertz CT molecular complexity index is 619. The normalized spacial score (nSPS) is 21.6. The fourth-order valence-electron chi connectivity index (χ4n) is 3.69. The first-order valence-corrected chi connectivity index (χ1v) is 8.43. The zero-order valence-electron chi connectivity index (χ0n) is 13.2. The summed E-state index contributed by atoms with van der Waals surface area (Å²) in [5.41, 5.74) is 1.19. The van der Waals surface area contributed by atoms with Gasteiger partial charge in [0.05, 0.1) is 25.3 Å². The summed E-state index contributed by atoms with van der Waals surface area (Å²) in [7, 11) is 0. The van der Waals surface area contributed by atoms with E-state index in [1.54, 1.807) is 0 Å². The van der Waals surface area contributed by atoms with Crippen molar-refractivity contribution in [1.82, 2.24) is 30.1 Å². The van der Waals surface area contributed by atoms with E-state index in [-0.39, 0.29) is 6.04 Å². The molecule has 7 heteroatoms. The van der Waals surface area contributed by atoms with Gasteiger partial charge in [0.15, 0.2) is 5.82 Å². The van der Waals surface area contributed by atoms with E-state index < -0.39 is 0 Å². The molecule has 0 aromatic carbocycles. The van der Waals surface area contributed by atoms with E-state index in [4.69, 9.17) is 4.74 Å². The van der Waals surface area contributed by atoms with Gasteiger partial charge in [-0.2, -0.15) is 0 Å². The molecule has 1 atom stereocenters. The van der Waals surface area contributed by atoms with Crippen LogP contribution in [0.4, 0.5) is 0 Å². The zero-order chi connectivity index (χ0) is 15.5. The molecule has 1 saturated heterocycles. The molecule has 2 aromatic rings. The number of ether oxygens (including phenoxy) is 1. The van der Waals surface area contributed by atoms with Crippen LogP contribution in [0.2, 0.25) is 0 Å². The molecule has 2 aromatic heterocycles. The minimum atomic E-state index is 0.0671. The number of hydrogen-bond acceptors (Lipinski definition) is 6. The van der Waals surface area contributed by atoms with Crippen molar-refractivity contribution in [2.75, 3.05) is 26.3 Å². The van der Waals surface area contributed by atoms with Crippen LogP contribution in [0.5, 0.6) is 0 Å². The largest absolute Gasteiger partial charge is 0.379 e. The molecule has 0 spiro atoms. The number of pyridine rings is 1. The van der Waals surface area contributed by atoms with Crippen molar-refractivity contribution in [3.8, 4) is 0 Å². The summed E-state index contributed by atoms with van der Waals surface area (Å²) >= 11 is 0. The molecule has 0 bridgehead atoms. The summed E-state index contributed by atoms with van der Waals surface area (Å²) < 4.78 is 7.58. The Hall–Kier alpha value is -1.86. The average Bonchev–Trinajstić information content (AvgIpc) is 3.28. The molecule has 2 fully saturated rings. The van der Waals surface area contributed by atoms with E-state index in [1.807, 2.05) is 12.4 Å². The van der Waals surface area contributed by atoms with Crippen LogP contribution in [-0.2, 0) is 4.74 Å². The third-order valence-corrected chi connectivity index (χ3v) is 4.87. The Morgan fingerprint density at radius 1 is 1.09 bits per heavy atom. The van der Waals surface area contributed by atoms with E-state index in [1.165, 1.54) is 31.2 Å². The first-order chi connectivity index (χ1) is 11.4. The number of morpholine rings is 1. The van der Waals surface area contributed by atoms with E-state index in [9.17, 15) is 0 Å². The van der Waals surface area contributed by atoms with E-state index in [0.717, 1.165) is 32.1 Å². The maximum absolute atomic E-state index is 5.52. The van der Waals surface area contributed by atoms with Crippen molar-refractivity contribution >= 4 is 0 Å². The topological polar surface area (TPSA) is 69.0 Å². The average molecular weight is 314 g/mol. The van der Waals surface area contributed by atoms with Gasteiger partial charge in [-0.1, -0.05) is 12.8 Å². The molecule has 0 N–H and O–H groups in total. The van der Waals surface area contributed by atoms with E-state index in [0.29, 0.717) is 6.04 Å². The fourth-order valence-corrected chi connectivity index (χ4v) is 3.69. The van der Waals surface area contributed by atoms with Crippen LogP contribution in [0.1, 0.15) is 49.2 Å². The number of tetrazole rings is 1. The molecular formula is C16H22N6O. The van der Waals surface area contributed by atoms with Gasteiger partial charge in [-0.25, -0.2) is 4.68 Å². The number of aromatic nitrogens is 5. The van der Waals surface area contributed by atoms with Crippen molar-refractivity contribution in [3.63, 3.8) is 0 Å². The minimum Gasteiger partial charge on any atom is -0.379 e. The van der Waals surface area contributed by atoms with Crippen LogP contribution in [0.25, 0.3) is 0 Å². The molecule has 1 aliphatic carbocycles. The van der Waals surface area contributed by atoms with Crippen LogP contribution in [0.15, 0.2) is 24.5 Å². The second-order valence-electron chi connectivity index (χ2n) is 6.25. The Morgan fingerprint density at radius 2 is 1.83 bits per heavy atom. The number of rotatable bonds is 4. The summed E-state index contributed by atoms with van der Waals surface area (Å²) in [4.78, 5) is 6.57. The first-order valence-electron chi connectivity index (χ1n) is 8.43. The molecule has 2 aliphatic rings. The molecule has 122 valence electrons. The van der Waals surface area contributed by atoms with Crippen LogP contribution < -0.4 is 0 Å². The third-order valence-electron chi connectivity index (χ3n) is 4.87. The van der Waals surface area contributed by atoms with Gasteiger partial charge in [0.2, 0.25) is 0 Å². The lowest BCUT2D eigenvalue weighted by Crippen LogP contribution is -2.40. The highest BCUT2D eigenvalue weighted by molar-refractivity contribution is 5.22. The Balaban J connectivity index is 1.71. The van der Waals surface area contributed by atoms with Gasteiger partial charge in [0, 0.05) is 25.5 Å². The lowest BCUT2D eigenvalue weighted by molar-refractivity contribution is 0.0213. The summed E-state index contributed by atoms with van der Waals surface area (Å²) in [5, 5.41) is 12.7. The van der Waals surface area contributed by atoms with Gasteiger partial charge in [-0.3, -0.25) is 9.88 Å². The predicted octanol–water partition coefficient (Wildman–Crippen LogP) is 1.60. The lowest BCUT2D eigenvalue weighted by Gasteiger charge is -2.34. The fraction of sp³-hybridized carbons (Fsp3) is 0.625. The maximum atomic E-state index is 5.52. The van der Waals surface area contributed by atoms with Gasteiger partial charge >= 0.3 is 0 Å². The van der Waals surface area contributed by atoms with Gasteiger partial charge < -0.3 is 4.74 Å². The van der Waals surface area contributed by atoms with Crippen molar-refractivity contribution in [2.24, 2.45) is 0 Å². The highest BCUT2D eigenvalue weighted by atomic mass is 16.5. The molecule has 4 rings (SSSR count). The van der Waals surface area contributed by atoms with Gasteiger partial charge in [-0.05, 0) is 41.0 Å². The van der Waals surface area contributed by atoms with Crippen molar-refractivity contribution < 1.29 is 4.74 Å². The van der Waals surface area contributed by atoms with E-state index >= 15 is 0 Å². The summed E-state index contributed by atoms with van der Waals surface area (Å²) in [6.07, 6.45) is 8.55. The SMILES string of the molecule is c1cc([C@@H](c2nnnn2C2CCCC2)N2CCOCC2)ccn1. The highest BCUT2D eigenvalue weighted by Crippen LogP contribution is 2.34. The predicted molar refractivity (Wildman–Crippen MR) is 83.8 cm³/mol. The molecule has 0 unspecified atom stereocenters. The molecular weight excluding hydrogens is 292 g/mol. The highest BCUT2D eigenvalue weighted by Gasteiger charge is 2.31. The molecule has 3 heterocycles. The molecule has 1 aliphatic heterocycles. The number of hydrogen-bond donors (Lipinski definition) is 0. The Kier molecular flexibility index (Phi) is 4.30. The summed E-state index contributed by atoms with van der Waals surface area (Å²) in [6.45, 7) is 3.30. The Morgan fingerprint density at radius 3 is 2.57 bits per heavy atom. The monoisotopic (exact) mass is 314 g/mol. The number of nitrogens with zero attached hydrogens (tertiary/aromatic N) is 6. The van der Waals surface area contributed by atoms with Crippen molar-refractivity contribution in [3.05, 3.63) is 35.9 Å². The minimum absolute atomic E-state index is 0.0671. The van der Waals surface area contributed by atoms with Crippen LogP contribution in [-0.4, -0.2) is 56.4 Å². The van der Waals surface area contributed by atoms with E-state index in [2.05, 4.69) is 42.2 Å². The van der Waals surface area contributed by atoms with Gasteiger partial charge in [0.25, 0.3) is 0 Å². The molecule has 1 saturated carbocycles. The summed E-state index contributed by atoms with van der Waals surface area (Å²) in [6, 6.07) is 4.63. The molecule has 0 radical (unpaired) electrons. The van der Waals surface area contributed by atoms with Gasteiger partial charge in [0.1, 0.15) is 0 Å². The van der Waals surface area contributed by atoms with Crippen LogP contribution >= 0.6 is 0 Å². The summed E-state index contributed by atoms with van der Waals surface area (Å²) in [5.74, 6) is 0.949. The van der Waals surface area contributed by atoms with Crippen molar-refractivity contribution in [1.29, 1.82) is 0 Å². The standard InChI is InChI=1S/C16H22N6O/c1-2-4-14(3-1)22-16(18-19-20-22)15(13-5-7-17-8-6-13)21-9-11-23-12-10-21/h5-8,14-15H,1-4,9-12H2/t15-/m0/s1. The first kappa shape index (κ1) is 14.7. The van der Waals surface area contributed by atoms with Crippen LogP contribution in [0, 0.1) is 0 Å². The maximum Gasteiger partial charge on any atom is 0.173 e. The quantitative estimate of drug-likeness (QED) is 0.854. The van der Waals surface area contributed by atoms with Crippen LogP contribution in [0.3, 0.4) is 0 Å². The third kappa shape index (κ3) is 2.98.